The van der Waals surface area contributed by atoms with Gasteiger partial charge in [0.05, 0.1) is 13.2 Å². The van der Waals surface area contributed by atoms with Crippen LogP contribution in [0.25, 0.3) is 0 Å². The summed E-state index contributed by atoms with van der Waals surface area (Å²) in [4.78, 5) is 0. The molecule has 1 rings (SSSR count). The first kappa shape index (κ1) is 13.5. The summed E-state index contributed by atoms with van der Waals surface area (Å²) in [6.45, 7) is 0. The van der Waals surface area contributed by atoms with Crippen molar-refractivity contribution >= 4 is 15.9 Å². The molecule has 0 saturated heterocycles. The Morgan fingerprint density at radius 2 is 1.88 bits per heavy atom. The SMILES string of the molecule is COc1ccc(C(O)CCCCCBr)cc1. The predicted octanol–water partition coefficient (Wildman–Crippen LogP) is 3.68. The van der Waals surface area contributed by atoms with Crippen LogP contribution < -0.4 is 4.74 Å². The fourth-order valence-corrected chi connectivity index (χ4v) is 2.00. The van der Waals surface area contributed by atoms with Crippen LogP contribution in [-0.2, 0) is 0 Å². The number of aliphatic hydroxyl groups excluding tert-OH is 1. The van der Waals surface area contributed by atoms with Crippen molar-refractivity contribution in [3.63, 3.8) is 0 Å². The van der Waals surface area contributed by atoms with E-state index in [1.165, 1.54) is 12.8 Å². The van der Waals surface area contributed by atoms with Crippen molar-refractivity contribution in [3.05, 3.63) is 29.8 Å². The summed E-state index contributed by atoms with van der Waals surface area (Å²) in [6, 6.07) is 7.62. The highest BCUT2D eigenvalue weighted by molar-refractivity contribution is 9.09. The Hall–Kier alpha value is -0.540. The molecule has 1 aromatic carbocycles. The van der Waals surface area contributed by atoms with E-state index >= 15 is 0 Å². The first-order valence-electron chi connectivity index (χ1n) is 5.66. The number of ether oxygens (including phenoxy) is 1. The molecule has 0 amide bonds. The van der Waals surface area contributed by atoms with E-state index in [9.17, 15) is 5.11 Å². The molecule has 90 valence electrons. The predicted molar refractivity (Wildman–Crippen MR) is 70.2 cm³/mol. The third-order valence-electron chi connectivity index (χ3n) is 2.61. The summed E-state index contributed by atoms with van der Waals surface area (Å²) < 4.78 is 5.08. The minimum absolute atomic E-state index is 0.346. The van der Waals surface area contributed by atoms with Gasteiger partial charge in [0.2, 0.25) is 0 Å². The Kier molecular flexibility index (Phi) is 6.50. The van der Waals surface area contributed by atoms with Crippen LogP contribution in [0.5, 0.6) is 5.75 Å². The normalized spacial score (nSPS) is 12.4. The highest BCUT2D eigenvalue weighted by Crippen LogP contribution is 2.22. The van der Waals surface area contributed by atoms with Crippen molar-refractivity contribution in [1.29, 1.82) is 0 Å². The van der Waals surface area contributed by atoms with E-state index in [4.69, 9.17) is 4.74 Å². The third-order valence-corrected chi connectivity index (χ3v) is 3.17. The van der Waals surface area contributed by atoms with Crippen molar-refractivity contribution in [2.75, 3.05) is 12.4 Å². The third kappa shape index (κ3) is 4.54. The molecule has 0 radical (unpaired) electrons. The molecule has 0 aliphatic carbocycles. The van der Waals surface area contributed by atoms with Crippen LogP contribution in [0, 0.1) is 0 Å². The largest absolute Gasteiger partial charge is 0.497 e. The van der Waals surface area contributed by atoms with Gasteiger partial charge in [-0.05, 0) is 30.5 Å². The zero-order valence-corrected chi connectivity index (χ0v) is 11.2. The van der Waals surface area contributed by atoms with Crippen LogP contribution in [0.3, 0.4) is 0 Å². The van der Waals surface area contributed by atoms with Gasteiger partial charge in [-0.1, -0.05) is 40.9 Å². The Balaban J connectivity index is 2.37. The monoisotopic (exact) mass is 286 g/mol. The van der Waals surface area contributed by atoms with Crippen molar-refractivity contribution in [2.24, 2.45) is 0 Å². The Morgan fingerprint density at radius 3 is 2.44 bits per heavy atom. The smallest absolute Gasteiger partial charge is 0.118 e. The quantitative estimate of drug-likeness (QED) is 0.612. The lowest BCUT2D eigenvalue weighted by atomic mass is 10.0. The minimum atomic E-state index is -0.346. The maximum absolute atomic E-state index is 9.93. The standard InChI is InChI=1S/C13H19BrO2/c1-16-12-8-6-11(7-9-12)13(15)5-3-2-4-10-14/h6-9,13,15H,2-5,10H2,1H3. The Bertz CT molecular complexity index is 284. The fraction of sp³-hybridized carbons (Fsp3) is 0.538. The van der Waals surface area contributed by atoms with E-state index < -0.39 is 0 Å². The number of hydrogen-bond acceptors (Lipinski definition) is 2. The summed E-state index contributed by atoms with van der Waals surface area (Å²) in [5.41, 5.74) is 0.972. The van der Waals surface area contributed by atoms with E-state index in [0.717, 1.165) is 29.5 Å². The zero-order chi connectivity index (χ0) is 11.8. The number of benzene rings is 1. The first-order valence-corrected chi connectivity index (χ1v) is 6.78. The van der Waals surface area contributed by atoms with Gasteiger partial charge in [-0.25, -0.2) is 0 Å². The molecule has 2 nitrogen and oxygen atoms in total. The summed E-state index contributed by atoms with van der Waals surface area (Å²) in [6.07, 6.45) is 3.90. The van der Waals surface area contributed by atoms with Crippen molar-refractivity contribution in [1.82, 2.24) is 0 Å². The molecular formula is C13H19BrO2. The number of hydrogen-bond donors (Lipinski definition) is 1. The maximum Gasteiger partial charge on any atom is 0.118 e. The van der Waals surface area contributed by atoms with Gasteiger partial charge in [0.15, 0.2) is 0 Å². The van der Waals surface area contributed by atoms with E-state index in [-0.39, 0.29) is 6.10 Å². The molecule has 0 aliphatic heterocycles. The lowest BCUT2D eigenvalue weighted by Crippen LogP contribution is -1.97. The molecule has 0 bridgehead atoms. The number of rotatable bonds is 7. The van der Waals surface area contributed by atoms with Crippen LogP contribution in [0.4, 0.5) is 0 Å². The minimum Gasteiger partial charge on any atom is -0.497 e. The van der Waals surface area contributed by atoms with Gasteiger partial charge in [0.25, 0.3) is 0 Å². The molecule has 1 atom stereocenters. The van der Waals surface area contributed by atoms with Gasteiger partial charge >= 0.3 is 0 Å². The molecular weight excluding hydrogens is 268 g/mol. The Labute approximate surface area is 106 Å². The maximum atomic E-state index is 9.93. The van der Waals surface area contributed by atoms with Crippen LogP contribution in [0.1, 0.15) is 37.4 Å². The van der Waals surface area contributed by atoms with Crippen LogP contribution in [0.15, 0.2) is 24.3 Å². The van der Waals surface area contributed by atoms with Gasteiger partial charge in [-0.15, -0.1) is 0 Å². The number of aliphatic hydroxyl groups is 1. The number of methoxy groups -OCH3 is 1. The highest BCUT2D eigenvalue weighted by Gasteiger charge is 2.06. The van der Waals surface area contributed by atoms with Crippen LogP contribution in [-0.4, -0.2) is 17.5 Å². The fourth-order valence-electron chi connectivity index (χ4n) is 1.60. The van der Waals surface area contributed by atoms with Crippen LogP contribution >= 0.6 is 15.9 Å². The molecule has 0 fully saturated rings. The molecule has 16 heavy (non-hydrogen) atoms. The van der Waals surface area contributed by atoms with Crippen molar-refractivity contribution in [3.8, 4) is 5.75 Å². The Morgan fingerprint density at radius 1 is 1.19 bits per heavy atom. The van der Waals surface area contributed by atoms with Crippen LogP contribution in [0.2, 0.25) is 0 Å². The summed E-state index contributed by atoms with van der Waals surface area (Å²) in [7, 11) is 1.64. The molecule has 1 aromatic rings. The molecule has 0 saturated carbocycles. The average molecular weight is 287 g/mol. The molecule has 0 heterocycles. The summed E-state index contributed by atoms with van der Waals surface area (Å²) in [5.74, 6) is 0.829. The summed E-state index contributed by atoms with van der Waals surface area (Å²) >= 11 is 3.40. The second-order valence-corrected chi connectivity index (χ2v) is 4.62. The van der Waals surface area contributed by atoms with Gasteiger partial charge in [-0.3, -0.25) is 0 Å². The second-order valence-electron chi connectivity index (χ2n) is 3.83. The van der Waals surface area contributed by atoms with Crippen molar-refractivity contribution < 1.29 is 9.84 Å². The highest BCUT2D eigenvalue weighted by atomic mass is 79.9. The van der Waals surface area contributed by atoms with E-state index in [1.807, 2.05) is 24.3 Å². The first-order chi connectivity index (χ1) is 7.77. The lowest BCUT2D eigenvalue weighted by Gasteiger charge is -2.11. The molecule has 0 aromatic heterocycles. The topological polar surface area (TPSA) is 29.5 Å². The zero-order valence-electron chi connectivity index (χ0n) is 9.66. The van der Waals surface area contributed by atoms with E-state index in [2.05, 4.69) is 15.9 Å². The molecule has 1 N–H and O–H groups in total. The molecule has 0 spiro atoms. The van der Waals surface area contributed by atoms with Gasteiger partial charge in [0, 0.05) is 5.33 Å². The van der Waals surface area contributed by atoms with Gasteiger partial charge in [-0.2, -0.15) is 0 Å². The number of unbranched alkanes of at least 4 members (excludes halogenated alkanes) is 2. The lowest BCUT2D eigenvalue weighted by molar-refractivity contribution is 0.163. The summed E-state index contributed by atoms with van der Waals surface area (Å²) in [5, 5.41) is 11.0. The van der Waals surface area contributed by atoms with Gasteiger partial charge < -0.3 is 9.84 Å². The van der Waals surface area contributed by atoms with E-state index in [1.54, 1.807) is 7.11 Å². The average Bonchev–Trinajstić information content (AvgIpc) is 2.34. The second kappa shape index (κ2) is 7.69. The molecule has 3 heteroatoms. The number of alkyl halides is 1. The molecule has 1 unspecified atom stereocenters. The van der Waals surface area contributed by atoms with Crippen molar-refractivity contribution in [2.45, 2.75) is 31.8 Å². The molecule has 0 aliphatic rings. The van der Waals surface area contributed by atoms with E-state index in [0.29, 0.717) is 0 Å². The number of halogens is 1. The van der Waals surface area contributed by atoms with Gasteiger partial charge in [0.1, 0.15) is 5.75 Å².